The first kappa shape index (κ1) is 17.1. The molecule has 0 spiro atoms. The normalized spacial score (nSPS) is 18.1. The predicted octanol–water partition coefficient (Wildman–Crippen LogP) is 4.38. The molecule has 0 radical (unpaired) electrons. The van der Waals surface area contributed by atoms with Gasteiger partial charge in [-0.1, -0.05) is 64.1 Å². The van der Waals surface area contributed by atoms with Crippen LogP contribution in [-0.4, -0.2) is 25.8 Å². The molecule has 0 N–H and O–H groups in total. The number of nitrogens with zero attached hydrogens (tertiary/aromatic N) is 1. The van der Waals surface area contributed by atoms with Gasteiger partial charge in [-0.3, -0.25) is 0 Å². The maximum absolute atomic E-state index is 12.6. The SMILES string of the molecule is Cc1ccc(S(=O)(=O)N2CC(Cl)=C(Cl)C(Cl)=C(Cl)C2)cc1. The fourth-order valence-corrected chi connectivity index (χ4v) is 4.21. The lowest BCUT2D eigenvalue weighted by Gasteiger charge is -2.20. The third-order valence-corrected chi connectivity index (χ3v) is 6.51. The van der Waals surface area contributed by atoms with Crippen LogP contribution in [0.4, 0.5) is 0 Å². The maximum Gasteiger partial charge on any atom is 0.243 e. The maximum atomic E-state index is 12.6. The largest absolute Gasteiger partial charge is 0.243 e. The van der Waals surface area contributed by atoms with E-state index in [1.165, 1.54) is 12.1 Å². The highest BCUT2D eigenvalue weighted by Crippen LogP contribution is 2.34. The average Bonchev–Trinajstić information content (AvgIpc) is 2.53. The van der Waals surface area contributed by atoms with Gasteiger partial charge in [-0.2, -0.15) is 4.31 Å². The summed E-state index contributed by atoms with van der Waals surface area (Å²) >= 11 is 23.9. The van der Waals surface area contributed by atoms with Crippen molar-refractivity contribution in [1.82, 2.24) is 4.31 Å². The van der Waals surface area contributed by atoms with Gasteiger partial charge in [0.1, 0.15) is 0 Å². The van der Waals surface area contributed by atoms with Crippen LogP contribution in [-0.2, 0) is 10.0 Å². The molecule has 0 aliphatic carbocycles. The molecule has 1 aliphatic rings. The Morgan fingerprint density at radius 3 is 1.76 bits per heavy atom. The smallest absolute Gasteiger partial charge is 0.207 e. The number of hydrogen-bond acceptors (Lipinski definition) is 2. The van der Waals surface area contributed by atoms with Crippen molar-refractivity contribution in [2.75, 3.05) is 13.1 Å². The second-order valence-electron chi connectivity index (χ2n) is 4.52. The van der Waals surface area contributed by atoms with Gasteiger partial charge in [0.25, 0.3) is 0 Å². The molecule has 0 fully saturated rings. The fourth-order valence-electron chi connectivity index (χ4n) is 1.77. The van der Waals surface area contributed by atoms with Crippen LogP contribution in [0.1, 0.15) is 5.56 Å². The van der Waals surface area contributed by atoms with Crippen molar-refractivity contribution in [3.8, 4) is 0 Å². The summed E-state index contributed by atoms with van der Waals surface area (Å²) in [5.74, 6) is 0. The standard InChI is InChI=1S/C13H11Cl4NO2S/c1-8-2-4-9(5-3-8)21(19,20)18-6-10(14)12(16)13(17)11(15)7-18/h2-5H,6-7H2,1H3. The second kappa shape index (κ2) is 6.49. The molecule has 1 aromatic rings. The van der Waals surface area contributed by atoms with Crippen LogP contribution in [0.25, 0.3) is 0 Å². The van der Waals surface area contributed by atoms with Crippen LogP contribution < -0.4 is 0 Å². The van der Waals surface area contributed by atoms with Crippen molar-refractivity contribution in [1.29, 1.82) is 0 Å². The predicted molar refractivity (Wildman–Crippen MR) is 87.4 cm³/mol. The summed E-state index contributed by atoms with van der Waals surface area (Å²) in [4.78, 5) is 0.163. The third kappa shape index (κ3) is 3.58. The van der Waals surface area contributed by atoms with Crippen LogP contribution in [0.5, 0.6) is 0 Å². The molecule has 1 heterocycles. The summed E-state index contributed by atoms with van der Waals surface area (Å²) in [5, 5.41) is 0.413. The lowest BCUT2D eigenvalue weighted by atomic mass is 10.2. The van der Waals surface area contributed by atoms with Crippen molar-refractivity contribution in [2.24, 2.45) is 0 Å². The van der Waals surface area contributed by atoms with E-state index < -0.39 is 10.0 Å². The summed E-state index contributed by atoms with van der Waals surface area (Å²) in [6, 6.07) is 6.52. The molecule has 0 saturated carbocycles. The molecule has 21 heavy (non-hydrogen) atoms. The molecule has 0 atom stereocenters. The number of halogens is 4. The molecular weight excluding hydrogens is 376 g/mol. The van der Waals surface area contributed by atoms with Crippen LogP contribution in [0, 0.1) is 6.92 Å². The van der Waals surface area contributed by atoms with E-state index in [9.17, 15) is 8.42 Å². The number of allylic oxidation sites excluding steroid dienone is 2. The van der Waals surface area contributed by atoms with Crippen molar-refractivity contribution < 1.29 is 8.42 Å². The first-order chi connectivity index (χ1) is 9.73. The number of rotatable bonds is 2. The zero-order valence-electron chi connectivity index (χ0n) is 10.9. The quantitative estimate of drug-likeness (QED) is 0.756. The fraction of sp³-hybridized carbons (Fsp3) is 0.231. The average molecular weight is 387 g/mol. The Kier molecular flexibility index (Phi) is 5.29. The van der Waals surface area contributed by atoms with Crippen molar-refractivity contribution in [3.63, 3.8) is 0 Å². The first-order valence-corrected chi connectivity index (χ1v) is 8.84. The van der Waals surface area contributed by atoms with Crippen LogP contribution in [0.3, 0.4) is 0 Å². The van der Waals surface area contributed by atoms with E-state index in [-0.39, 0.29) is 38.1 Å². The Morgan fingerprint density at radius 2 is 1.33 bits per heavy atom. The molecule has 1 aliphatic heterocycles. The molecule has 0 saturated heterocycles. The van der Waals surface area contributed by atoms with E-state index >= 15 is 0 Å². The summed E-state index contributed by atoms with van der Waals surface area (Å²) < 4.78 is 26.4. The first-order valence-electron chi connectivity index (χ1n) is 5.89. The number of sulfonamides is 1. The Morgan fingerprint density at radius 1 is 0.905 bits per heavy atom. The molecule has 0 bridgehead atoms. The van der Waals surface area contributed by atoms with Gasteiger partial charge < -0.3 is 0 Å². The molecule has 2 rings (SSSR count). The highest BCUT2D eigenvalue weighted by atomic mass is 35.5. The molecule has 0 aromatic heterocycles. The lowest BCUT2D eigenvalue weighted by molar-refractivity contribution is 0.470. The Labute approximate surface area is 143 Å². The Bertz CT molecular complexity index is 697. The molecule has 1 aromatic carbocycles. The van der Waals surface area contributed by atoms with Crippen LogP contribution in [0.15, 0.2) is 49.3 Å². The lowest BCUT2D eigenvalue weighted by Crippen LogP contribution is -2.33. The molecule has 0 amide bonds. The molecule has 8 heteroatoms. The summed E-state index contributed by atoms with van der Waals surface area (Å²) in [6.45, 7) is 1.72. The summed E-state index contributed by atoms with van der Waals surface area (Å²) in [6.07, 6.45) is 0. The zero-order valence-corrected chi connectivity index (χ0v) is 14.7. The van der Waals surface area contributed by atoms with E-state index in [1.54, 1.807) is 12.1 Å². The van der Waals surface area contributed by atoms with Gasteiger partial charge in [0.2, 0.25) is 10.0 Å². The van der Waals surface area contributed by atoms with Gasteiger partial charge >= 0.3 is 0 Å². The molecule has 0 unspecified atom stereocenters. The zero-order chi connectivity index (χ0) is 15.8. The Balaban J connectivity index is 2.45. The molecule has 114 valence electrons. The Hall–Kier alpha value is -0.230. The highest BCUT2D eigenvalue weighted by Gasteiger charge is 2.30. The van der Waals surface area contributed by atoms with Gasteiger partial charge in [-0.05, 0) is 19.1 Å². The monoisotopic (exact) mass is 385 g/mol. The number of hydrogen-bond donors (Lipinski definition) is 0. The topological polar surface area (TPSA) is 37.4 Å². The minimum absolute atomic E-state index is 0.0740. The minimum atomic E-state index is -3.74. The third-order valence-electron chi connectivity index (χ3n) is 2.96. The molecule has 3 nitrogen and oxygen atoms in total. The second-order valence-corrected chi connectivity index (χ2v) is 8.13. The van der Waals surface area contributed by atoms with Crippen molar-refractivity contribution in [3.05, 3.63) is 50.0 Å². The molecular formula is C13H11Cl4NO2S. The van der Waals surface area contributed by atoms with E-state index in [2.05, 4.69) is 0 Å². The van der Waals surface area contributed by atoms with E-state index in [4.69, 9.17) is 46.4 Å². The van der Waals surface area contributed by atoms with Gasteiger partial charge in [-0.25, -0.2) is 8.42 Å². The van der Waals surface area contributed by atoms with Gasteiger partial charge in [-0.15, -0.1) is 0 Å². The van der Waals surface area contributed by atoms with Gasteiger partial charge in [0.15, 0.2) is 0 Å². The van der Waals surface area contributed by atoms with Crippen LogP contribution >= 0.6 is 46.4 Å². The summed E-state index contributed by atoms with van der Waals surface area (Å²) in [7, 11) is -3.74. The van der Waals surface area contributed by atoms with E-state index in [0.717, 1.165) is 9.87 Å². The van der Waals surface area contributed by atoms with E-state index in [1.807, 2.05) is 6.92 Å². The summed E-state index contributed by atoms with van der Waals surface area (Å²) in [5.41, 5.74) is 0.965. The minimum Gasteiger partial charge on any atom is -0.207 e. The van der Waals surface area contributed by atoms with Gasteiger partial charge in [0.05, 0.1) is 38.1 Å². The van der Waals surface area contributed by atoms with Crippen LogP contribution in [0.2, 0.25) is 0 Å². The number of benzene rings is 1. The van der Waals surface area contributed by atoms with Gasteiger partial charge in [0, 0.05) is 0 Å². The van der Waals surface area contributed by atoms with E-state index in [0.29, 0.717) is 0 Å². The highest BCUT2D eigenvalue weighted by molar-refractivity contribution is 7.89. The van der Waals surface area contributed by atoms with Crippen molar-refractivity contribution >= 4 is 56.4 Å². The number of aryl methyl sites for hydroxylation is 1. The van der Waals surface area contributed by atoms with Crippen molar-refractivity contribution in [2.45, 2.75) is 11.8 Å².